The van der Waals surface area contributed by atoms with E-state index in [1.54, 1.807) is 24.4 Å². The number of aliphatic carboxylic acids is 1. The normalized spacial score (nSPS) is 11.6. The van der Waals surface area contributed by atoms with Gasteiger partial charge in [0.1, 0.15) is 0 Å². The van der Waals surface area contributed by atoms with E-state index < -0.39 is 18.1 Å². The van der Waals surface area contributed by atoms with Gasteiger partial charge in [0.05, 0.1) is 13.5 Å². The van der Waals surface area contributed by atoms with Crippen molar-refractivity contribution in [3.05, 3.63) is 30.1 Å². The van der Waals surface area contributed by atoms with Crippen LogP contribution in [0, 0.1) is 0 Å². The first-order valence-corrected chi connectivity index (χ1v) is 5.08. The van der Waals surface area contributed by atoms with Crippen molar-refractivity contribution in [2.45, 2.75) is 18.9 Å². The van der Waals surface area contributed by atoms with Crippen LogP contribution in [-0.4, -0.2) is 35.3 Å². The van der Waals surface area contributed by atoms with Crippen LogP contribution in [0.25, 0.3) is 0 Å². The van der Waals surface area contributed by atoms with Crippen molar-refractivity contribution in [1.82, 2.24) is 10.3 Å². The van der Waals surface area contributed by atoms with Crippen LogP contribution in [0.5, 0.6) is 0 Å². The number of aromatic nitrogens is 1. The molecule has 0 fully saturated rings. The highest BCUT2D eigenvalue weighted by molar-refractivity contribution is 5.71. The number of alkyl carbamates (subject to hydrolysis) is 1. The predicted octanol–water partition coefficient (Wildman–Crippen LogP) is 0.823. The predicted molar refractivity (Wildman–Crippen MR) is 59.5 cm³/mol. The summed E-state index contributed by atoms with van der Waals surface area (Å²) in [5.41, 5.74) is 0.718. The number of ether oxygens (including phenoxy) is 1. The molecule has 0 aliphatic rings. The number of carboxylic acids is 1. The second-order valence-electron chi connectivity index (χ2n) is 3.46. The summed E-state index contributed by atoms with van der Waals surface area (Å²) < 4.78 is 4.44. The lowest BCUT2D eigenvalue weighted by Crippen LogP contribution is -2.38. The van der Waals surface area contributed by atoms with Crippen molar-refractivity contribution in [3.8, 4) is 0 Å². The fraction of sp³-hybridized carbons (Fsp3) is 0.364. The molecule has 6 heteroatoms. The van der Waals surface area contributed by atoms with Crippen molar-refractivity contribution in [1.29, 1.82) is 0 Å². The first kappa shape index (κ1) is 13.0. The average Bonchev–Trinajstić information content (AvgIpc) is 2.29. The Labute approximate surface area is 98.6 Å². The molecule has 92 valence electrons. The van der Waals surface area contributed by atoms with Crippen LogP contribution in [0.15, 0.2) is 24.4 Å². The molecule has 1 aromatic rings. The number of nitrogens with zero attached hydrogens (tertiary/aromatic N) is 1. The van der Waals surface area contributed by atoms with E-state index in [-0.39, 0.29) is 6.42 Å². The smallest absolute Gasteiger partial charge is 0.407 e. The zero-order chi connectivity index (χ0) is 12.7. The number of carboxylic acid groups (broad SMARTS) is 1. The minimum atomic E-state index is -0.984. The Bertz CT molecular complexity index is 380. The zero-order valence-electron chi connectivity index (χ0n) is 9.42. The fourth-order valence-corrected chi connectivity index (χ4v) is 1.38. The van der Waals surface area contributed by atoms with Gasteiger partial charge in [-0.05, 0) is 12.1 Å². The third kappa shape index (κ3) is 4.96. The van der Waals surface area contributed by atoms with E-state index in [1.807, 2.05) is 0 Å². The minimum absolute atomic E-state index is 0.175. The molecule has 0 aliphatic carbocycles. The van der Waals surface area contributed by atoms with Crippen molar-refractivity contribution >= 4 is 12.1 Å². The van der Waals surface area contributed by atoms with Crippen LogP contribution in [0.1, 0.15) is 12.1 Å². The van der Waals surface area contributed by atoms with Crippen LogP contribution >= 0.6 is 0 Å². The Hall–Kier alpha value is -2.11. The molecule has 1 aromatic heterocycles. The van der Waals surface area contributed by atoms with Crippen LogP contribution in [-0.2, 0) is 16.0 Å². The number of pyridine rings is 1. The molecule has 0 saturated heterocycles. The van der Waals surface area contributed by atoms with E-state index in [0.29, 0.717) is 6.42 Å². The number of methoxy groups -OCH3 is 1. The van der Waals surface area contributed by atoms with Crippen molar-refractivity contribution in [2.24, 2.45) is 0 Å². The Kier molecular flexibility index (Phi) is 4.93. The zero-order valence-corrected chi connectivity index (χ0v) is 9.42. The molecule has 0 aliphatic heterocycles. The van der Waals surface area contributed by atoms with Gasteiger partial charge in [-0.15, -0.1) is 0 Å². The van der Waals surface area contributed by atoms with Crippen LogP contribution in [0.3, 0.4) is 0 Å². The Morgan fingerprint density at radius 3 is 2.82 bits per heavy atom. The summed E-state index contributed by atoms with van der Waals surface area (Å²) in [4.78, 5) is 25.8. The van der Waals surface area contributed by atoms with Gasteiger partial charge in [0.15, 0.2) is 0 Å². The summed E-state index contributed by atoms with van der Waals surface area (Å²) in [6.07, 6.45) is 1.14. The van der Waals surface area contributed by atoms with Gasteiger partial charge < -0.3 is 15.2 Å². The van der Waals surface area contributed by atoms with E-state index in [2.05, 4.69) is 15.0 Å². The molecule has 1 rings (SSSR count). The molecular weight excluding hydrogens is 224 g/mol. The maximum Gasteiger partial charge on any atom is 0.407 e. The maximum atomic E-state index is 11.0. The topological polar surface area (TPSA) is 88.5 Å². The highest BCUT2D eigenvalue weighted by Crippen LogP contribution is 2.03. The summed E-state index contributed by atoms with van der Waals surface area (Å²) in [6, 6.07) is 4.81. The molecule has 0 spiro atoms. The highest BCUT2D eigenvalue weighted by Gasteiger charge is 2.17. The van der Waals surface area contributed by atoms with Crippen molar-refractivity contribution in [3.63, 3.8) is 0 Å². The molecule has 0 bridgehead atoms. The number of amides is 1. The third-order valence-electron chi connectivity index (χ3n) is 2.11. The first-order chi connectivity index (χ1) is 8.11. The summed E-state index contributed by atoms with van der Waals surface area (Å²) in [7, 11) is 1.23. The molecule has 0 unspecified atom stereocenters. The standard InChI is InChI=1S/C11H14N2O4/c1-17-11(16)13-9(7-10(14)15)6-8-4-2-3-5-12-8/h2-5,9H,6-7H2,1H3,(H,13,16)(H,14,15)/t9-/m0/s1. The highest BCUT2D eigenvalue weighted by atomic mass is 16.5. The van der Waals surface area contributed by atoms with Crippen molar-refractivity contribution < 1.29 is 19.4 Å². The lowest BCUT2D eigenvalue weighted by molar-refractivity contribution is -0.137. The molecule has 1 atom stereocenters. The summed E-state index contributed by atoms with van der Waals surface area (Å²) in [5, 5.41) is 11.2. The molecular formula is C11H14N2O4. The van der Waals surface area contributed by atoms with E-state index in [4.69, 9.17) is 5.11 Å². The molecule has 0 radical (unpaired) electrons. The van der Waals surface area contributed by atoms with Crippen molar-refractivity contribution in [2.75, 3.05) is 7.11 Å². The maximum absolute atomic E-state index is 11.0. The van der Waals surface area contributed by atoms with Crippen LogP contribution in [0.4, 0.5) is 4.79 Å². The SMILES string of the molecule is COC(=O)N[C@H](CC(=O)O)Cc1ccccn1. The van der Waals surface area contributed by atoms with E-state index in [0.717, 1.165) is 5.69 Å². The Morgan fingerprint density at radius 1 is 1.53 bits per heavy atom. The summed E-state index contributed by atoms with van der Waals surface area (Å²) in [5.74, 6) is -0.984. The second-order valence-corrected chi connectivity index (χ2v) is 3.46. The summed E-state index contributed by atoms with van der Waals surface area (Å²) in [6.45, 7) is 0. The monoisotopic (exact) mass is 238 g/mol. The van der Waals surface area contributed by atoms with Crippen LogP contribution < -0.4 is 5.32 Å². The van der Waals surface area contributed by atoms with Gasteiger partial charge in [0.25, 0.3) is 0 Å². The van der Waals surface area contributed by atoms with Gasteiger partial charge in [0.2, 0.25) is 0 Å². The second kappa shape index (κ2) is 6.47. The number of carbonyl (C=O) groups excluding carboxylic acids is 1. The molecule has 1 amide bonds. The molecule has 2 N–H and O–H groups in total. The number of rotatable bonds is 5. The molecule has 17 heavy (non-hydrogen) atoms. The lowest BCUT2D eigenvalue weighted by Gasteiger charge is -2.15. The molecule has 0 saturated carbocycles. The number of hydrogen-bond acceptors (Lipinski definition) is 4. The third-order valence-corrected chi connectivity index (χ3v) is 2.11. The van der Waals surface area contributed by atoms with Gasteiger partial charge in [0, 0.05) is 24.4 Å². The van der Waals surface area contributed by atoms with E-state index in [1.165, 1.54) is 7.11 Å². The van der Waals surface area contributed by atoms with Gasteiger partial charge in [-0.25, -0.2) is 4.79 Å². The molecule has 1 heterocycles. The quantitative estimate of drug-likeness (QED) is 0.792. The number of nitrogens with one attached hydrogen (secondary N) is 1. The Morgan fingerprint density at radius 2 is 2.29 bits per heavy atom. The van der Waals surface area contributed by atoms with Gasteiger partial charge in [-0.1, -0.05) is 6.07 Å². The number of carbonyl (C=O) groups is 2. The lowest BCUT2D eigenvalue weighted by atomic mass is 10.1. The Balaban J connectivity index is 2.63. The van der Waals surface area contributed by atoms with Crippen LogP contribution in [0.2, 0.25) is 0 Å². The first-order valence-electron chi connectivity index (χ1n) is 5.08. The average molecular weight is 238 g/mol. The molecule has 6 nitrogen and oxygen atoms in total. The molecule has 0 aromatic carbocycles. The number of hydrogen-bond donors (Lipinski definition) is 2. The van der Waals surface area contributed by atoms with E-state index >= 15 is 0 Å². The van der Waals surface area contributed by atoms with Gasteiger partial charge >= 0.3 is 12.1 Å². The largest absolute Gasteiger partial charge is 0.481 e. The van der Waals surface area contributed by atoms with Gasteiger partial charge in [-0.3, -0.25) is 9.78 Å². The minimum Gasteiger partial charge on any atom is -0.481 e. The van der Waals surface area contributed by atoms with E-state index in [9.17, 15) is 9.59 Å². The van der Waals surface area contributed by atoms with Gasteiger partial charge in [-0.2, -0.15) is 0 Å². The summed E-state index contributed by atoms with van der Waals surface area (Å²) >= 11 is 0. The fourth-order valence-electron chi connectivity index (χ4n) is 1.38.